The number of nitrogens with two attached hydrogens (primary N) is 1. The molecule has 1 unspecified atom stereocenters. The third kappa shape index (κ3) is 7.68. The van der Waals surface area contributed by atoms with Crippen LogP contribution in [-0.4, -0.2) is 30.8 Å². The van der Waals surface area contributed by atoms with E-state index in [0.717, 1.165) is 17.7 Å². The Hall–Kier alpha value is -1.24. The second-order valence-electron chi connectivity index (χ2n) is 4.65. The van der Waals surface area contributed by atoms with Gasteiger partial charge in [0, 0.05) is 11.4 Å². The van der Waals surface area contributed by atoms with Crippen molar-refractivity contribution in [3.05, 3.63) is 29.8 Å². The van der Waals surface area contributed by atoms with Gasteiger partial charge >= 0.3 is 5.97 Å². The average Bonchev–Trinajstić information content (AvgIpc) is 2.47. The van der Waals surface area contributed by atoms with Crippen LogP contribution in [0.4, 0.5) is 5.69 Å². The first kappa shape index (κ1) is 20.8. The molecular formula is C15H23ClN2O3S. The third-order valence-corrected chi connectivity index (χ3v) is 3.82. The van der Waals surface area contributed by atoms with Gasteiger partial charge in [0.2, 0.25) is 5.91 Å². The van der Waals surface area contributed by atoms with Crippen molar-refractivity contribution in [1.29, 1.82) is 0 Å². The number of esters is 1. The summed E-state index contributed by atoms with van der Waals surface area (Å²) >= 11 is 1.47. The standard InChI is InChI=1S/C15H22N2O3S.ClH/c1-3-5-13(16)15(19)17-12-7-4-6-11(8-12)9-21-10-14(18)20-2;/h4,6-8,13H,3,5,9-10,16H2,1-2H3,(H,17,19);1H. The van der Waals surface area contributed by atoms with Crippen LogP contribution in [0.1, 0.15) is 25.3 Å². The van der Waals surface area contributed by atoms with Crippen LogP contribution in [0, 0.1) is 0 Å². The Morgan fingerprint density at radius 2 is 2.14 bits per heavy atom. The Morgan fingerprint density at radius 1 is 1.41 bits per heavy atom. The lowest BCUT2D eigenvalue weighted by atomic mass is 10.1. The molecule has 0 bridgehead atoms. The number of carbonyl (C=O) groups excluding carboxylic acids is 2. The predicted molar refractivity (Wildman–Crippen MR) is 93.4 cm³/mol. The normalized spacial score (nSPS) is 11.2. The molecule has 0 aromatic heterocycles. The van der Waals surface area contributed by atoms with Gasteiger partial charge in [-0.05, 0) is 24.1 Å². The second-order valence-corrected chi connectivity index (χ2v) is 5.64. The highest BCUT2D eigenvalue weighted by molar-refractivity contribution is 7.99. The summed E-state index contributed by atoms with van der Waals surface area (Å²) in [4.78, 5) is 22.9. The fourth-order valence-corrected chi connectivity index (χ4v) is 2.53. The van der Waals surface area contributed by atoms with Gasteiger partial charge in [0.05, 0.1) is 18.9 Å². The maximum absolute atomic E-state index is 11.9. The molecule has 1 amide bonds. The number of hydrogen-bond acceptors (Lipinski definition) is 5. The van der Waals surface area contributed by atoms with Crippen molar-refractivity contribution in [1.82, 2.24) is 0 Å². The fourth-order valence-electron chi connectivity index (χ4n) is 1.73. The molecule has 5 nitrogen and oxygen atoms in total. The molecule has 3 N–H and O–H groups in total. The molecule has 0 saturated carbocycles. The lowest BCUT2D eigenvalue weighted by Gasteiger charge is -2.12. The third-order valence-electron chi connectivity index (χ3n) is 2.85. The lowest BCUT2D eigenvalue weighted by molar-refractivity contribution is -0.137. The van der Waals surface area contributed by atoms with Gasteiger partial charge in [-0.2, -0.15) is 0 Å². The first-order chi connectivity index (χ1) is 10.1. The maximum Gasteiger partial charge on any atom is 0.315 e. The van der Waals surface area contributed by atoms with Crippen LogP contribution in [0.3, 0.4) is 0 Å². The van der Waals surface area contributed by atoms with Gasteiger partial charge in [0.25, 0.3) is 0 Å². The number of benzene rings is 1. The molecular weight excluding hydrogens is 324 g/mol. The smallest absolute Gasteiger partial charge is 0.315 e. The summed E-state index contributed by atoms with van der Waals surface area (Å²) in [6.07, 6.45) is 1.54. The largest absolute Gasteiger partial charge is 0.468 e. The molecule has 0 radical (unpaired) electrons. The van der Waals surface area contributed by atoms with Gasteiger partial charge in [-0.3, -0.25) is 9.59 Å². The van der Waals surface area contributed by atoms with Gasteiger partial charge in [0.1, 0.15) is 0 Å². The Labute approximate surface area is 141 Å². The zero-order valence-electron chi connectivity index (χ0n) is 12.8. The minimum absolute atomic E-state index is 0. The molecule has 1 rings (SSSR count). The predicted octanol–water partition coefficient (Wildman–Crippen LogP) is 2.58. The molecule has 7 heteroatoms. The Balaban J connectivity index is 0.00000441. The summed E-state index contributed by atoms with van der Waals surface area (Å²) in [6.45, 7) is 1.99. The number of thioether (sulfide) groups is 1. The summed E-state index contributed by atoms with van der Waals surface area (Å²) in [5.41, 5.74) is 7.53. The summed E-state index contributed by atoms with van der Waals surface area (Å²) in [6, 6.07) is 7.06. The summed E-state index contributed by atoms with van der Waals surface area (Å²) in [5, 5.41) is 2.81. The van der Waals surface area contributed by atoms with E-state index in [1.54, 1.807) is 0 Å². The highest BCUT2D eigenvalue weighted by Gasteiger charge is 2.12. The van der Waals surface area contributed by atoms with Crippen molar-refractivity contribution >= 4 is 41.7 Å². The van der Waals surface area contributed by atoms with Crippen molar-refractivity contribution < 1.29 is 14.3 Å². The fraction of sp³-hybridized carbons (Fsp3) is 0.467. The molecule has 1 aromatic carbocycles. The van der Waals surface area contributed by atoms with Gasteiger partial charge in [-0.15, -0.1) is 24.2 Å². The molecule has 1 atom stereocenters. The van der Waals surface area contributed by atoms with Crippen LogP contribution in [-0.2, 0) is 20.1 Å². The number of amides is 1. The molecule has 0 aliphatic heterocycles. The topological polar surface area (TPSA) is 81.4 Å². The molecule has 0 fully saturated rings. The van der Waals surface area contributed by atoms with Gasteiger partial charge < -0.3 is 15.8 Å². The highest BCUT2D eigenvalue weighted by Crippen LogP contribution is 2.17. The summed E-state index contributed by atoms with van der Waals surface area (Å²) in [7, 11) is 1.37. The number of ether oxygens (including phenoxy) is 1. The molecule has 22 heavy (non-hydrogen) atoms. The number of hydrogen-bond donors (Lipinski definition) is 2. The van der Waals surface area contributed by atoms with Gasteiger partial charge in [-0.25, -0.2) is 0 Å². The van der Waals surface area contributed by atoms with Crippen molar-refractivity contribution in [2.75, 3.05) is 18.2 Å². The van der Waals surface area contributed by atoms with Crippen molar-refractivity contribution in [2.24, 2.45) is 5.73 Å². The number of anilines is 1. The molecule has 0 aliphatic rings. The van der Waals surface area contributed by atoms with E-state index < -0.39 is 6.04 Å². The summed E-state index contributed by atoms with van der Waals surface area (Å²) in [5.74, 6) is 0.583. The number of nitrogens with one attached hydrogen (secondary N) is 1. The number of methoxy groups -OCH3 is 1. The van der Waals surface area contributed by atoms with Crippen molar-refractivity contribution in [3.8, 4) is 0 Å². The van der Waals surface area contributed by atoms with Crippen LogP contribution >= 0.6 is 24.2 Å². The quantitative estimate of drug-likeness (QED) is 0.707. The van der Waals surface area contributed by atoms with E-state index in [9.17, 15) is 9.59 Å². The molecule has 1 aromatic rings. The van der Waals surface area contributed by atoms with E-state index in [-0.39, 0.29) is 24.3 Å². The Bertz CT molecular complexity index is 486. The minimum Gasteiger partial charge on any atom is -0.468 e. The van der Waals surface area contributed by atoms with E-state index in [4.69, 9.17) is 5.73 Å². The zero-order valence-corrected chi connectivity index (χ0v) is 14.5. The van der Waals surface area contributed by atoms with E-state index in [2.05, 4.69) is 10.1 Å². The average molecular weight is 347 g/mol. The molecule has 0 heterocycles. The Kier molecular flexibility index (Phi) is 10.7. The van der Waals surface area contributed by atoms with Gasteiger partial charge in [0.15, 0.2) is 0 Å². The molecule has 124 valence electrons. The van der Waals surface area contributed by atoms with Crippen LogP contribution in [0.2, 0.25) is 0 Å². The summed E-state index contributed by atoms with van der Waals surface area (Å²) < 4.78 is 4.58. The first-order valence-corrected chi connectivity index (χ1v) is 8.02. The van der Waals surface area contributed by atoms with Crippen LogP contribution in [0.25, 0.3) is 0 Å². The first-order valence-electron chi connectivity index (χ1n) is 6.86. The van der Waals surface area contributed by atoms with E-state index in [1.807, 2.05) is 31.2 Å². The minimum atomic E-state index is -0.479. The maximum atomic E-state index is 11.9. The number of rotatable bonds is 8. The lowest BCUT2D eigenvalue weighted by Crippen LogP contribution is -2.35. The highest BCUT2D eigenvalue weighted by atomic mass is 35.5. The van der Waals surface area contributed by atoms with E-state index >= 15 is 0 Å². The number of carbonyl (C=O) groups is 2. The van der Waals surface area contributed by atoms with Crippen molar-refractivity contribution in [2.45, 2.75) is 31.6 Å². The number of halogens is 1. The van der Waals surface area contributed by atoms with E-state index in [0.29, 0.717) is 17.9 Å². The zero-order chi connectivity index (χ0) is 15.7. The van der Waals surface area contributed by atoms with Crippen molar-refractivity contribution in [3.63, 3.8) is 0 Å². The van der Waals surface area contributed by atoms with Crippen LogP contribution in [0.5, 0.6) is 0 Å². The Morgan fingerprint density at radius 3 is 2.77 bits per heavy atom. The van der Waals surface area contributed by atoms with Crippen LogP contribution < -0.4 is 11.1 Å². The van der Waals surface area contributed by atoms with Crippen LogP contribution in [0.15, 0.2) is 24.3 Å². The van der Waals surface area contributed by atoms with E-state index in [1.165, 1.54) is 18.9 Å². The SMILES string of the molecule is CCCC(N)C(=O)Nc1cccc(CSCC(=O)OC)c1.Cl. The molecule has 0 saturated heterocycles. The van der Waals surface area contributed by atoms with Gasteiger partial charge in [-0.1, -0.05) is 25.5 Å². The second kappa shape index (κ2) is 11.3. The molecule has 0 spiro atoms. The monoisotopic (exact) mass is 346 g/mol. The molecule has 0 aliphatic carbocycles.